The van der Waals surface area contributed by atoms with E-state index >= 15 is 0 Å². The number of nitrogens with one attached hydrogen (secondary N) is 1. The maximum absolute atomic E-state index is 14.1. The number of pyridine rings is 1. The van der Waals surface area contributed by atoms with Crippen LogP contribution in [0, 0.1) is 20.8 Å². The predicted molar refractivity (Wildman–Crippen MR) is 154 cm³/mol. The highest BCUT2D eigenvalue weighted by molar-refractivity contribution is 5.96. The first-order chi connectivity index (χ1) is 18.3. The summed E-state index contributed by atoms with van der Waals surface area (Å²) in [5, 5.41) is 5.95. The van der Waals surface area contributed by atoms with Gasteiger partial charge in [0.25, 0.3) is 0 Å². The van der Waals surface area contributed by atoms with Crippen molar-refractivity contribution < 1.29 is 8.78 Å². The van der Waals surface area contributed by atoms with Gasteiger partial charge in [-0.3, -0.25) is 9.88 Å². The lowest BCUT2D eigenvalue weighted by Crippen LogP contribution is -2.44. The lowest BCUT2D eigenvalue weighted by atomic mass is 10.0. The molecule has 4 nitrogen and oxygen atoms in total. The Hall–Kier alpha value is -3.93. The average Bonchev–Trinajstić information content (AvgIpc) is 2.89. The van der Waals surface area contributed by atoms with Gasteiger partial charge >= 0.3 is 6.55 Å². The minimum absolute atomic E-state index is 0.258. The van der Waals surface area contributed by atoms with Crippen LogP contribution in [0.4, 0.5) is 20.2 Å². The van der Waals surface area contributed by atoms with Crippen LogP contribution < -0.4 is 10.2 Å². The van der Waals surface area contributed by atoms with Gasteiger partial charge in [0, 0.05) is 41.5 Å². The zero-order chi connectivity index (χ0) is 26.8. The van der Waals surface area contributed by atoms with Crippen LogP contribution in [0.15, 0.2) is 85.2 Å². The van der Waals surface area contributed by atoms with Crippen molar-refractivity contribution in [2.24, 2.45) is 0 Å². The summed E-state index contributed by atoms with van der Waals surface area (Å²) >= 11 is 0. The van der Waals surface area contributed by atoms with Crippen molar-refractivity contribution in [2.75, 3.05) is 23.3 Å². The summed E-state index contributed by atoms with van der Waals surface area (Å²) < 4.78 is 28.1. The smallest absolute Gasteiger partial charge is 0.320 e. The van der Waals surface area contributed by atoms with E-state index in [1.807, 2.05) is 30.9 Å². The number of fused-ring (bicyclic) bond motifs is 1. The van der Waals surface area contributed by atoms with E-state index in [0.29, 0.717) is 24.6 Å². The number of anilines is 2. The molecule has 1 N–H and O–H groups in total. The Morgan fingerprint density at radius 3 is 2.45 bits per heavy atom. The van der Waals surface area contributed by atoms with E-state index in [-0.39, 0.29) is 6.04 Å². The van der Waals surface area contributed by atoms with Crippen LogP contribution in [0.3, 0.4) is 0 Å². The number of aromatic nitrogens is 1. The van der Waals surface area contributed by atoms with Crippen molar-refractivity contribution in [1.82, 2.24) is 9.88 Å². The fraction of sp³-hybridized carbons (Fsp3) is 0.281. The maximum Gasteiger partial charge on any atom is 0.320 e. The van der Waals surface area contributed by atoms with E-state index in [1.165, 1.54) is 5.56 Å². The molecule has 0 unspecified atom stereocenters. The fourth-order valence-electron chi connectivity index (χ4n) is 5.35. The first-order valence-electron chi connectivity index (χ1n) is 13.1. The van der Waals surface area contributed by atoms with Crippen molar-refractivity contribution in [3.63, 3.8) is 0 Å². The molecule has 38 heavy (non-hydrogen) atoms. The second kappa shape index (κ2) is 10.8. The Labute approximate surface area is 223 Å². The topological polar surface area (TPSA) is 31.4 Å². The summed E-state index contributed by atoms with van der Waals surface area (Å²) in [4.78, 5) is 7.87. The summed E-state index contributed by atoms with van der Waals surface area (Å²) in [6, 6.07) is 24.5. The zero-order valence-corrected chi connectivity index (χ0v) is 22.2. The normalized spacial score (nSPS) is 14.2. The van der Waals surface area contributed by atoms with Gasteiger partial charge in [0.1, 0.15) is 5.82 Å². The van der Waals surface area contributed by atoms with Crippen LogP contribution in [0.5, 0.6) is 0 Å². The number of likely N-dealkylation sites (tertiary alicyclic amines) is 1. The summed E-state index contributed by atoms with van der Waals surface area (Å²) in [7, 11) is 0. The third kappa shape index (κ3) is 5.35. The Kier molecular flexibility index (Phi) is 7.32. The number of halogens is 2. The molecule has 0 bridgehead atoms. The third-order valence-electron chi connectivity index (χ3n) is 7.33. The Morgan fingerprint density at radius 2 is 1.74 bits per heavy atom. The highest BCUT2D eigenvalue weighted by Crippen LogP contribution is 2.32. The van der Waals surface area contributed by atoms with Gasteiger partial charge in [-0.1, -0.05) is 54.6 Å². The largest absolute Gasteiger partial charge is 0.382 e. The van der Waals surface area contributed by atoms with E-state index < -0.39 is 6.55 Å². The van der Waals surface area contributed by atoms with Gasteiger partial charge in [0.05, 0.1) is 11.4 Å². The molecule has 0 spiro atoms. The van der Waals surface area contributed by atoms with Crippen molar-refractivity contribution in [2.45, 2.75) is 46.2 Å². The number of alkyl halides is 2. The molecule has 1 saturated heterocycles. The second-order valence-corrected chi connectivity index (χ2v) is 10.2. The molecule has 0 aliphatic carbocycles. The maximum atomic E-state index is 14.1. The number of hydrogen-bond acceptors (Lipinski definition) is 4. The molecule has 196 valence electrons. The van der Waals surface area contributed by atoms with Gasteiger partial charge < -0.3 is 10.2 Å². The number of piperidine rings is 1. The molecule has 1 aliphatic heterocycles. The standard InChI is InChI=1S/C32H34F2N4/c1-21-8-7-10-25(18-21)31-29-13-12-28(20-26(29)19-23(3)35-31)36-27-14-16-37(17-15-27)24(4)38(32(33)34)30-11-6-5-9-22(30)2/h5-13,18-20,27,32,36H,4,14-17H2,1-3H3. The number of nitrogens with zero attached hydrogens (tertiary/aromatic N) is 3. The first kappa shape index (κ1) is 25.7. The molecular formula is C32H34F2N4. The van der Waals surface area contributed by atoms with E-state index in [0.717, 1.165) is 56.7 Å². The lowest BCUT2D eigenvalue weighted by Gasteiger charge is -2.39. The quantitative estimate of drug-likeness (QED) is 0.255. The van der Waals surface area contributed by atoms with Gasteiger partial charge in [0.2, 0.25) is 0 Å². The van der Waals surface area contributed by atoms with Gasteiger partial charge in [-0.05, 0) is 74.9 Å². The Balaban J connectivity index is 1.28. The molecule has 6 heteroatoms. The second-order valence-electron chi connectivity index (χ2n) is 10.2. The van der Waals surface area contributed by atoms with E-state index in [4.69, 9.17) is 4.98 Å². The Morgan fingerprint density at radius 1 is 0.974 bits per heavy atom. The number of aryl methyl sites for hydroxylation is 3. The monoisotopic (exact) mass is 512 g/mol. The number of para-hydroxylation sites is 1. The van der Waals surface area contributed by atoms with Crippen LogP contribution in [0.2, 0.25) is 0 Å². The molecule has 0 radical (unpaired) electrons. The van der Waals surface area contributed by atoms with Crippen LogP contribution in [-0.4, -0.2) is 35.6 Å². The van der Waals surface area contributed by atoms with Crippen molar-refractivity contribution in [3.05, 3.63) is 102 Å². The van der Waals surface area contributed by atoms with Crippen LogP contribution >= 0.6 is 0 Å². The predicted octanol–water partition coefficient (Wildman–Crippen LogP) is 7.90. The van der Waals surface area contributed by atoms with Gasteiger partial charge in [0.15, 0.2) is 0 Å². The summed E-state index contributed by atoms with van der Waals surface area (Å²) in [6.07, 6.45) is 1.68. The molecule has 0 atom stereocenters. The number of benzene rings is 3. The molecule has 2 heterocycles. The zero-order valence-electron chi connectivity index (χ0n) is 22.2. The third-order valence-corrected chi connectivity index (χ3v) is 7.33. The summed E-state index contributed by atoms with van der Waals surface area (Å²) in [5.74, 6) is 0.352. The molecule has 4 aromatic rings. The molecular weight excluding hydrogens is 478 g/mol. The molecule has 3 aromatic carbocycles. The van der Waals surface area contributed by atoms with Crippen molar-refractivity contribution in [1.29, 1.82) is 0 Å². The molecule has 5 rings (SSSR count). The highest BCUT2D eigenvalue weighted by atomic mass is 19.3. The SMILES string of the molecule is C=C(N1CCC(Nc2ccc3c(-c4cccc(C)c4)nc(C)cc3c2)CC1)N(c1ccccc1C)C(F)F. The fourth-order valence-corrected chi connectivity index (χ4v) is 5.35. The summed E-state index contributed by atoms with van der Waals surface area (Å²) in [6.45, 7) is 8.70. The molecule has 1 aromatic heterocycles. The first-order valence-corrected chi connectivity index (χ1v) is 13.1. The molecule has 1 fully saturated rings. The van der Waals surface area contributed by atoms with Crippen molar-refractivity contribution in [3.8, 4) is 11.3 Å². The number of rotatable bonds is 7. The Bertz CT molecular complexity index is 1460. The minimum Gasteiger partial charge on any atom is -0.382 e. The lowest BCUT2D eigenvalue weighted by molar-refractivity contribution is 0.134. The van der Waals surface area contributed by atoms with E-state index in [1.54, 1.807) is 12.1 Å². The summed E-state index contributed by atoms with van der Waals surface area (Å²) in [5.41, 5.74) is 6.67. The minimum atomic E-state index is -2.65. The van der Waals surface area contributed by atoms with Gasteiger partial charge in [-0.2, -0.15) is 8.78 Å². The van der Waals surface area contributed by atoms with E-state index in [2.05, 4.69) is 67.4 Å². The van der Waals surface area contributed by atoms with Crippen molar-refractivity contribution >= 4 is 22.1 Å². The van der Waals surface area contributed by atoms with Crippen LogP contribution in [0.1, 0.15) is 29.7 Å². The highest BCUT2D eigenvalue weighted by Gasteiger charge is 2.28. The average molecular weight is 513 g/mol. The number of hydrogen-bond donors (Lipinski definition) is 1. The van der Waals surface area contributed by atoms with Crippen LogP contribution in [0.25, 0.3) is 22.0 Å². The van der Waals surface area contributed by atoms with Crippen LogP contribution in [-0.2, 0) is 0 Å². The molecule has 0 saturated carbocycles. The van der Waals surface area contributed by atoms with Gasteiger partial charge in [-0.15, -0.1) is 0 Å². The molecule has 0 amide bonds. The molecule has 1 aliphatic rings. The van der Waals surface area contributed by atoms with E-state index in [9.17, 15) is 8.78 Å². The van der Waals surface area contributed by atoms with Gasteiger partial charge in [-0.25, -0.2) is 0 Å².